The zero-order valence-electron chi connectivity index (χ0n) is 14.5. The van der Waals surface area contributed by atoms with Gasteiger partial charge in [0.2, 0.25) is 5.91 Å². The van der Waals surface area contributed by atoms with Gasteiger partial charge in [-0.15, -0.1) is 0 Å². The minimum Gasteiger partial charge on any atom is -0.325 e. The number of aromatic nitrogens is 1. The lowest BCUT2D eigenvalue weighted by Crippen LogP contribution is -2.14. The van der Waals surface area contributed by atoms with E-state index in [1.165, 1.54) is 66.5 Å². The van der Waals surface area contributed by atoms with Gasteiger partial charge >= 0.3 is 0 Å². The molecule has 0 aliphatic carbocycles. The van der Waals surface area contributed by atoms with Gasteiger partial charge in [-0.2, -0.15) is 0 Å². The molecule has 0 radical (unpaired) electrons. The maximum atomic E-state index is 12.9. The molecule has 0 atom stereocenters. The Balaban J connectivity index is 1.50. The molecule has 2 N–H and O–H groups in total. The summed E-state index contributed by atoms with van der Waals surface area (Å²) in [6.45, 7) is 0. The first kappa shape index (κ1) is 19.5. The number of nitrogens with one attached hydrogen (secondary N) is 2. The second kappa shape index (κ2) is 9.09. The van der Waals surface area contributed by atoms with E-state index in [-0.39, 0.29) is 29.2 Å². The van der Waals surface area contributed by atoms with Crippen LogP contribution < -0.4 is 10.6 Å². The lowest BCUT2D eigenvalue weighted by atomic mass is 10.2. The standard InChI is InChI=1S/C20H15F2N3O2S/c21-14-2-6-16(7-3-14)24-18(26)12-28-19-10-1-13(11-23-19)20(27)25-17-8-4-15(22)5-9-17/h1-11H,12H2,(H,24,26)(H,25,27). The first-order valence-corrected chi connectivity index (χ1v) is 9.19. The topological polar surface area (TPSA) is 71.1 Å². The van der Waals surface area contributed by atoms with E-state index in [9.17, 15) is 18.4 Å². The molecule has 142 valence electrons. The van der Waals surface area contributed by atoms with Gasteiger partial charge in [0.15, 0.2) is 0 Å². The van der Waals surface area contributed by atoms with Crippen molar-refractivity contribution in [1.29, 1.82) is 0 Å². The highest BCUT2D eigenvalue weighted by Crippen LogP contribution is 2.17. The van der Waals surface area contributed by atoms with Crippen molar-refractivity contribution in [2.24, 2.45) is 0 Å². The number of rotatable bonds is 6. The molecule has 3 aromatic rings. The Morgan fingerprint density at radius 1 is 0.821 bits per heavy atom. The minimum atomic E-state index is -0.385. The number of anilines is 2. The Bertz CT molecular complexity index is 962. The zero-order chi connectivity index (χ0) is 19.9. The molecule has 2 aromatic carbocycles. The molecule has 0 spiro atoms. The molecule has 5 nitrogen and oxygen atoms in total. The highest BCUT2D eigenvalue weighted by atomic mass is 32.2. The van der Waals surface area contributed by atoms with Crippen molar-refractivity contribution < 1.29 is 18.4 Å². The third kappa shape index (κ3) is 5.62. The summed E-state index contributed by atoms with van der Waals surface area (Å²) in [5.74, 6) is -1.27. The van der Waals surface area contributed by atoms with Crippen LogP contribution >= 0.6 is 11.8 Å². The van der Waals surface area contributed by atoms with E-state index in [1.54, 1.807) is 12.1 Å². The van der Waals surface area contributed by atoms with Crippen molar-refractivity contribution in [2.75, 3.05) is 16.4 Å². The monoisotopic (exact) mass is 399 g/mol. The summed E-state index contributed by atoms with van der Waals surface area (Å²) >= 11 is 1.21. The van der Waals surface area contributed by atoms with Crippen molar-refractivity contribution in [1.82, 2.24) is 4.98 Å². The first-order valence-electron chi connectivity index (χ1n) is 8.21. The molecule has 0 saturated heterocycles. The van der Waals surface area contributed by atoms with Gasteiger partial charge < -0.3 is 10.6 Å². The van der Waals surface area contributed by atoms with Gasteiger partial charge in [0.25, 0.3) is 5.91 Å². The Kier molecular flexibility index (Phi) is 6.33. The third-order valence-corrected chi connectivity index (χ3v) is 4.52. The van der Waals surface area contributed by atoms with Crippen LogP contribution in [0, 0.1) is 11.6 Å². The number of pyridine rings is 1. The smallest absolute Gasteiger partial charge is 0.257 e. The van der Waals surface area contributed by atoms with E-state index < -0.39 is 0 Å². The fourth-order valence-corrected chi connectivity index (χ4v) is 2.85. The first-order chi connectivity index (χ1) is 13.5. The van der Waals surface area contributed by atoms with Crippen LogP contribution in [0.2, 0.25) is 0 Å². The molecule has 3 rings (SSSR count). The van der Waals surface area contributed by atoms with Crippen LogP contribution in [-0.4, -0.2) is 22.6 Å². The van der Waals surface area contributed by atoms with Crippen molar-refractivity contribution >= 4 is 35.0 Å². The molecule has 0 aliphatic heterocycles. The maximum absolute atomic E-state index is 12.9. The summed E-state index contributed by atoms with van der Waals surface area (Å²) in [5, 5.41) is 5.87. The molecule has 0 fully saturated rings. The molecule has 1 aromatic heterocycles. The fraction of sp³-hybridized carbons (Fsp3) is 0.0500. The van der Waals surface area contributed by atoms with Crippen molar-refractivity contribution in [3.05, 3.63) is 84.1 Å². The van der Waals surface area contributed by atoms with Gasteiger partial charge in [-0.3, -0.25) is 9.59 Å². The van der Waals surface area contributed by atoms with E-state index in [1.807, 2.05) is 0 Å². The van der Waals surface area contributed by atoms with Crippen LogP contribution in [0.3, 0.4) is 0 Å². The van der Waals surface area contributed by atoms with Crippen LogP contribution in [0.5, 0.6) is 0 Å². The van der Waals surface area contributed by atoms with E-state index in [0.717, 1.165) is 0 Å². The fourth-order valence-electron chi connectivity index (χ4n) is 2.21. The molecule has 0 aliphatic rings. The number of thioether (sulfide) groups is 1. The van der Waals surface area contributed by atoms with Gasteiger partial charge in [0.1, 0.15) is 11.6 Å². The molecule has 8 heteroatoms. The zero-order valence-corrected chi connectivity index (χ0v) is 15.3. The van der Waals surface area contributed by atoms with Crippen molar-refractivity contribution in [3.63, 3.8) is 0 Å². The molecular weight excluding hydrogens is 384 g/mol. The minimum absolute atomic E-state index is 0.117. The van der Waals surface area contributed by atoms with Crippen LogP contribution in [-0.2, 0) is 4.79 Å². The molecule has 2 amide bonds. The Morgan fingerprint density at radius 3 is 1.93 bits per heavy atom. The number of hydrogen-bond donors (Lipinski definition) is 2. The van der Waals surface area contributed by atoms with Gasteiger partial charge in [0.05, 0.1) is 16.3 Å². The molecule has 28 heavy (non-hydrogen) atoms. The highest BCUT2D eigenvalue weighted by Gasteiger charge is 2.09. The molecule has 0 bridgehead atoms. The van der Waals surface area contributed by atoms with Crippen LogP contribution in [0.15, 0.2) is 71.9 Å². The number of benzene rings is 2. The Hall–Kier alpha value is -3.26. The predicted molar refractivity (Wildman–Crippen MR) is 104 cm³/mol. The van der Waals surface area contributed by atoms with Gasteiger partial charge in [-0.1, -0.05) is 11.8 Å². The summed E-state index contributed by atoms with van der Waals surface area (Å²) in [4.78, 5) is 28.2. The average Bonchev–Trinajstić information content (AvgIpc) is 2.70. The van der Waals surface area contributed by atoms with Crippen LogP contribution in [0.4, 0.5) is 20.2 Å². The van der Waals surface area contributed by atoms with E-state index in [4.69, 9.17) is 0 Å². The molecule has 0 unspecified atom stereocenters. The number of carbonyl (C=O) groups excluding carboxylic acids is 2. The second-order valence-electron chi connectivity index (χ2n) is 5.69. The number of nitrogens with zero attached hydrogens (tertiary/aromatic N) is 1. The molecular formula is C20H15F2N3O2S. The largest absolute Gasteiger partial charge is 0.325 e. The third-order valence-electron chi connectivity index (χ3n) is 3.58. The summed E-state index contributed by atoms with van der Waals surface area (Å²) in [6, 6.07) is 14.1. The van der Waals surface area contributed by atoms with E-state index >= 15 is 0 Å². The summed E-state index contributed by atoms with van der Waals surface area (Å²) in [5.41, 5.74) is 1.32. The Morgan fingerprint density at radius 2 is 1.39 bits per heavy atom. The molecule has 0 saturated carbocycles. The summed E-state index contributed by atoms with van der Waals surface area (Å²) in [7, 11) is 0. The average molecular weight is 399 g/mol. The Labute approximate surface area is 164 Å². The molecule has 1 heterocycles. The van der Waals surface area contributed by atoms with Crippen molar-refractivity contribution in [3.8, 4) is 0 Å². The summed E-state index contributed by atoms with van der Waals surface area (Å²) < 4.78 is 25.7. The van der Waals surface area contributed by atoms with E-state index in [0.29, 0.717) is 22.0 Å². The van der Waals surface area contributed by atoms with Gasteiger partial charge in [-0.25, -0.2) is 13.8 Å². The lowest BCUT2D eigenvalue weighted by Gasteiger charge is -2.06. The van der Waals surface area contributed by atoms with Gasteiger partial charge in [-0.05, 0) is 60.7 Å². The second-order valence-corrected chi connectivity index (χ2v) is 6.69. The highest BCUT2D eigenvalue weighted by molar-refractivity contribution is 7.99. The lowest BCUT2D eigenvalue weighted by molar-refractivity contribution is -0.113. The number of hydrogen-bond acceptors (Lipinski definition) is 4. The SMILES string of the molecule is O=C(CSc1ccc(C(=O)Nc2ccc(F)cc2)cn1)Nc1ccc(F)cc1. The normalized spacial score (nSPS) is 10.4. The van der Waals surface area contributed by atoms with Crippen LogP contribution in [0.1, 0.15) is 10.4 Å². The number of halogens is 2. The van der Waals surface area contributed by atoms with E-state index in [2.05, 4.69) is 15.6 Å². The van der Waals surface area contributed by atoms with Crippen molar-refractivity contribution in [2.45, 2.75) is 5.03 Å². The summed E-state index contributed by atoms with van der Waals surface area (Å²) in [6.07, 6.45) is 1.40. The number of carbonyl (C=O) groups is 2. The predicted octanol–water partition coefficient (Wildman–Crippen LogP) is 4.34. The maximum Gasteiger partial charge on any atom is 0.257 e. The van der Waals surface area contributed by atoms with Crippen LogP contribution in [0.25, 0.3) is 0 Å². The van der Waals surface area contributed by atoms with Gasteiger partial charge in [0, 0.05) is 17.6 Å². The number of amides is 2. The quantitative estimate of drug-likeness (QED) is 0.605.